The van der Waals surface area contributed by atoms with Gasteiger partial charge >= 0.3 is 0 Å². The first-order valence-electron chi connectivity index (χ1n) is 9.82. The summed E-state index contributed by atoms with van der Waals surface area (Å²) >= 11 is 0. The summed E-state index contributed by atoms with van der Waals surface area (Å²) in [5, 5.41) is -0.0268. The summed E-state index contributed by atoms with van der Waals surface area (Å²) in [5.41, 5.74) is 3.74. The molecule has 0 atom stereocenters. The molecule has 0 unspecified atom stereocenters. The first-order chi connectivity index (χ1) is 14.5. The largest absolute Gasteiger partial charge is 0.497 e. The van der Waals surface area contributed by atoms with Crippen molar-refractivity contribution >= 4 is 15.7 Å². The maximum absolute atomic E-state index is 13.6. The van der Waals surface area contributed by atoms with E-state index in [1.807, 2.05) is 24.3 Å². The Bertz CT molecular complexity index is 1260. The van der Waals surface area contributed by atoms with Crippen molar-refractivity contribution in [3.63, 3.8) is 0 Å². The lowest BCUT2D eigenvalue weighted by Gasteiger charge is -2.29. The average molecular weight is 423 g/mol. The monoisotopic (exact) mass is 423 g/mol. The summed E-state index contributed by atoms with van der Waals surface area (Å²) in [6.07, 6.45) is 0.774. The highest BCUT2D eigenvalue weighted by Gasteiger charge is 2.37. The highest BCUT2D eigenvalue weighted by atomic mass is 32.2. The number of rotatable bonds is 3. The van der Waals surface area contributed by atoms with Crippen molar-refractivity contribution in [2.75, 3.05) is 19.4 Å². The molecule has 0 spiro atoms. The van der Waals surface area contributed by atoms with E-state index in [2.05, 4.69) is 11.1 Å². The summed E-state index contributed by atoms with van der Waals surface area (Å²) in [4.78, 5) is 19.8. The van der Waals surface area contributed by atoms with E-state index in [0.29, 0.717) is 35.8 Å². The Kier molecular flexibility index (Phi) is 4.39. The predicted octanol–water partition coefficient (Wildman–Crippen LogP) is 2.54. The zero-order chi connectivity index (χ0) is 20.9. The molecule has 0 saturated heterocycles. The normalized spacial score (nSPS) is 16.8. The Morgan fingerprint density at radius 3 is 2.67 bits per heavy atom. The van der Waals surface area contributed by atoms with Gasteiger partial charge in [0, 0.05) is 25.2 Å². The molecule has 2 aromatic carbocycles. The summed E-state index contributed by atoms with van der Waals surface area (Å²) < 4.78 is 31.9. The Balaban J connectivity index is 1.61. The predicted molar refractivity (Wildman–Crippen MR) is 111 cm³/mol. The fourth-order valence-corrected chi connectivity index (χ4v) is 5.54. The molecule has 3 aromatic rings. The number of benzene rings is 2. The molecule has 8 heteroatoms. The van der Waals surface area contributed by atoms with Crippen LogP contribution in [-0.2, 0) is 29.3 Å². The van der Waals surface area contributed by atoms with E-state index in [4.69, 9.17) is 4.74 Å². The van der Waals surface area contributed by atoms with E-state index in [1.54, 1.807) is 34.8 Å². The van der Waals surface area contributed by atoms with Crippen LogP contribution in [0, 0.1) is 0 Å². The van der Waals surface area contributed by atoms with E-state index in [-0.39, 0.29) is 23.4 Å². The smallest absolute Gasteiger partial charge is 0.273 e. The minimum atomic E-state index is -3.49. The second-order valence-electron chi connectivity index (χ2n) is 7.54. The molecule has 1 amide bonds. The molecule has 30 heavy (non-hydrogen) atoms. The van der Waals surface area contributed by atoms with Crippen LogP contribution in [0.3, 0.4) is 0 Å². The number of imidazole rings is 1. The SMILES string of the molecule is COc1cccc(-c2nc3n(c2C(=O)N2CCc4ccccc4C2)CCS3(=O)=O)c1. The lowest BCUT2D eigenvalue weighted by Crippen LogP contribution is -2.37. The van der Waals surface area contributed by atoms with Gasteiger partial charge in [-0.25, -0.2) is 13.4 Å². The van der Waals surface area contributed by atoms with Crippen LogP contribution in [0.25, 0.3) is 11.3 Å². The topological polar surface area (TPSA) is 81.5 Å². The number of hydrogen-bond donors (Lipinski definition) is 0. The first-order valence-corrected chi connectivity index (χ1v) is 11.5. The molecular weight excluding hydrogens is 402 g/mol. The Hall–Kier alpha value is -3.13. The van der Waals surface area contributed by atoms with Gasteiger partial charge in [0.2, 0.25) is 15.0 Å². The summed E-state index contributed by atoms with van der Waals surface area (Å²) in [6.45, 7) is 1.32. The maximum Gasteiger partial charge on any atom is 0.273 e. The third-order valence-electron chi connectivity index (χ3n) is 5.76. The average Bonchev–Trinajstić information content (AvgIpc) is 3.30. The van der Waals surface area contributed by atoms with Crippen molar-refractivity contribution in [1.29, 1.82) is 0 Å². The maximum atomic E-state index is 13.6. The van der Waals surface area contributed by atoms with Gasteiger partial charge in [0.25, 0.3) is 5.91 Å². The summed E-state index contributed by atoms with van der Waals surface area (Å²) in [7, 11) is -1.93. The van der Waals surface area contributed by atoms with Crippen molar-refractivity contribution in [2.45, 2.75) is 24.7 Å². The lowest BCUT2D eigenvalue weighted by atomic mass is 9.99. The molecular formula is C22H21N3O4S. The van der Waals surface area contributed by atoms with Crippen LogP contribution in [-0.4, -0.2) is 48.2 Å². The van der Waals surface area contributed by atoms with Crippen LogP contribution in [0.1, 0.15) is 21.6 Å². The van der Waals surface area contributed by atoms with Gasteiger partial charge < -0.3 is 14.2 Å². The molecule has 2 aliphatic heterocycles. The van der Waals surface area contributed by atoms with Crippen LogP contribution in [0.4, 0.5) is 0 Å². The second kappa shape index (κ2) is 6.98. The molecule has 0 fully saturated rings. The van der Waals surface area contributed by atoms with Crippen LogP contribution >= 0.6 is 0 Å². The van der Waals surface area contributed by atoms with Gasteiger partial charge in [0.15, 0.2) is 0 Å². The number of methoxy groups -OCH3 is 1. The molecule has 0 N–H and O–H groups in total. The van der Waals surface area contributed by atoms with Gasteiger partial charge in [-0.2, -0.15) is 0 Å². The number of carbonyl (C=O) groups excluding carboxylic acids is 1. The third-order valence-corrected chi connectivity index (χ3v) is 7.35. The van der Waals surface area contributed by atoms with Gasteiger partial charge in [-0.05, 0) is 29.7 Å². The number of ether oxygens (including phenoxy) is 1. The Labute approximate surface area is 174 Å². The quantitative estimate of drug-likeness (QED) is 0.647. The zero-order valence-corrected chi connectivity index (χ0v) is 17.4. The second-order valence-corrected chi connectivity index (χ2v) is 9.54. The molecule has 3 heterocycles. The number of hydrogen-bond acceptors (Lipinski definition) is 5. The van der Waals surface area contributed by atoms with Gasteiger partial charge in [-0.1, -0.05) is 36.4 Å². The molecule has 1 aromatic heterocycles. The zero-order valence-electron chi connectivity index (χ0n) is 16.5. The molecule has 0 bridgehead atoms. The van der Waals surface area contributed by atoms with Crippen LogP contribution < -0.4 is 4.74 Å². The van der Waals surface area contributed by atoms with E-state index >= 15 is 0 Å². The standard InChI is InChI=1S/C22H21N3O4S/c1-29-18-8-4-7-16(13-18)19-20(25-11-12-30(27,28)22(25)23-19)21(26)24-10-9-15-5-2-3-6-17(15)14-24/h2-8,13H,9-12,14H2,1H3. The summed E-state index contributed by atoms with van der Waals surface area (Å²) in [6, 6.07) is 15.3. The minimum Gasteiger partial charge on any atom is -0.497 e. The van der Waals surface area contributed by atoms with E-state index in [1.165, 1.54) is 5.56 Å². The molecule has 154 valence electrons. The van der Waals surface area contributed by atoms with Gasteiger partial charge in [-0.3, -0.25) is 4.79 Å². The highest BCUT2D eigenvalue weighted by molar-refractivity contribution is 7.91. The minimum absolute atomic E-state index is 0.0268. The van der Waals surface area contributed by atoms with Crippen LogP contribution in [0.2, 0.25) is 0 Å². The molecule has 2 aliphatic rings. The van der Waals surface area contributed by atoms with Crippen molar-refractivity contribution in [3.05, 3.63) is 65.4 Å². The van der Waals surface area contributed by atoms with Crippen LogP contribution in [0.15, 0.2) is 53.7 Å². The molecule has 0 saturated carbocycles. The first kappa shape index (κ1) is 18.9. The molecule has 5 rings (SSSR count). The number of nitrogens with zero attached hydrogens (tertiary/aromatic N) is 3. The van der Waals surface area contributed by atoms with Gasteiger partial charge in [0.05, 0.1) is 12.9 Å². The Morgan fingerprint density at radius 2 is 1.87 bits per heavy atom. The lowest BCUT2D eigenvalue weighted by molar-refractivity contribution is 0.0724. The molecule has 7 nitrogen and oxygen atoms in total. The third kappa shape index (κ3) is 2.99. The van der Waals surface area contributed by atoms with E-state index in [9.17, 15) is 13.2 Å². The van der Waals surface area contributed by atoms with E-state index < -0.39 is 9.84 Å². The number of carbonyl (C=O) groups is 1. The molecule has 0 aliphatic carbocycles. The number of amides is 1. The Morgan fingerprint density at radius 1 is 1.07 bits per heavy atom. The van der Waals surface area contributed by atoms with Crippen molar-refractivity contribution < 1.29 is 17.9 Å². The molecule has 0 radical (unpaired) electrons. The van der Waals surface area contributed by atoms with Gasteiger partial charge in [0.1, 0.15) is 17.1 Å². The van der Waals surface area contributed by atoms with E-state index in [0.717, 1.165) is 12.0 Å². The number of sulfone groups is 1. The van der Waals surface area contributed by atoms with Crippen molar-refractivity contribution in [3.8, 4) is 17.0 Å². The van der Waals surface area contributed by atoms with Crippen molar-refractivity contribution in [1.82, 2.24) is 14.5 Å². The number of aromatic nitrogens is 2. The fourth-order valence-electron chi connectivity index (χ4n) is 4.19. The highest BCUT2D eigenvalue weighted by Crippen LogP contribution is 2.33. The summed E-state index contributed by atoms with van der Waals surface area (Å²) in [5.74, 6) is 0.392. The van der Waals surface area contributed by atoms with Crippen LogP contribution in [0.5, 0.6) is 5.75 Å². The fraction of sp³-hybridized carbons (Fsp3) is 0.273. The van der Waals surface area contributed by atoms with Crippen molar-refractivity contribution in [2.24, 2.45) is 0 Å². The number of fused-ring (bicyclic) bond motifs is 2. The van der Waals surface area contributed by atoms with Gasteiger partial charge in [-0.15, -0.1) is 0 Å².